The van der Waals surface area contributed by atoms with Crippen LogP contribution in [0.4, 0.5) is 0 Å². The van der Waals surface area contributed by atoms with Crippen molar-refractivity contribution in [3.05, 3.63) is 23.8 Å². The minimum Gasteiger partial charge on any atom is -0.497 e. The second kappa shape index (κ2) is 5.78. The molecule has 130 valence electrons. The molecule has 0 N–H and O–H groups in total. The molecule has 1 aliphatic carbocycles. The number of nitrogens with zero attached hydrogens (tertiary/aromatic N) is 1. The van der Waals surface area contributed by atoms with Crippen LogP contribution in [0.3, 0.4) is 0 Å². The van der Waals surface area contributed by atoms with Crippen LogP contribution in [-0.4, -0.2) is 49.3 Å². The molecule has 0 radical (unpaired) electrons. The Kier molecular flexibility index (Phi) is 4.17. The molecule has 1 amide bonds. The summed E-state index contributed by atoms with van der Waals surface area (Å²) in [6.45, 7) is 8.02. The first-order valence-corrected chi connectivity index (χ1v) is 8.47. The molecule has 3 rings (SSSR count). The fourth-order valence-electron chi connectivity index (χ4n) is 2.85. The maximum atomic E-state index is 12.9. The van der Waals surface area contributed by atoms with Gasteiger partial charge in [0.2, 0.25) is 0 Å². The highest BCUT2D eigenvalue weighted by Gasteiger charge is 2.52. The van der Waals surface area contributed by atoms with Crippen molar-refractivity contribution >= 4 is 18.5 Å². The third-order valence-corrected chi connectivity index (χ3v) is 5.41. The Morgan fingerprint density at radius 1 is 1.21 bits per heavy atom. The van der Waals surface area contributed by atoms with Crippen molar-refractivity contribution in [2.24, 2.45) is 0 Å². The lowest BCUT2D eigenvalue weighted by Gasteiger charge is -2.32. The minimum absolute atomic E-state index is 0.00450. The van der Waals surface area contributed by atoms with Gasteiger partial charge in [-0.15, -0.1) is 0 Å². The van der Waals surface area contributed by atoms with E-state index in [1.54, 1.807) is 13.2 Å². The third kappa shape index (κ3) is 2.93. The average molecular weight is 331 g/mol. The molecular formula is C18H26BNO4. The van der Waals surface area contributed by atoms with Crippen LogP contribution in [-0.2, 0) is 9.31 Å². The normalized spacial score (nSPS) is 21.7. The standard InChI is InChI=1S/C18H26BNO4/c1-17(2)18(3,4)24-19(23-17)15-11-13(22-6)9-10-14(15)16(21)20(5)12-7-8-12/h9-12H,7-8H2,1-6H3. The predicted octanol–water partition coefficient (Wildman–Crippen LogP) is 2.23. The van der Waals surface area contributed by atoms with Gasteiger partial charge >= 0.3 is 7.12 Å². The maximum Gasteiger partial charge on any atom is 0.495 e. The van der Waals surface area contributed by atoms with E-state index in [4.69, 9.17) is 14.0 Å². The molecule has 0 atom stereocenters. The first-order chi connectivity index (χ1) is 11.2. The zero-order valence-electron chi connectivity index (χ0n) is 15.4. The first kappa shape index (κ1) is 17.3. The highest BCUT2D eigenvalue weighted by atomic mass is 16.7. The molecule has 2 aliphatic rings. The van der Waals surface area contributed by atoms with Gasteiger partial charge in [0.15, 0.2) is 0 Å². The van der Waals surface area contributed by atoms with E-state index in [1.165, 1.54) is 0 Å². The summed E-state index contributed by atoms with van der Waals surface area (Å²) in [7, 11) is 2.89. The highest BCUT2D eigenvalue weighted by molar-refractivity contribution is 6.63. The molecule has 2 fully saturated rings. The Labute approximate surface area is 144 Å². The van der Waals surface area contributed by atoms with Gasteiger partial charge in [0.25, 0.3) is 5.91 Å². The monoisotopic (exact) mass is 331 g/mol. The van der Waals surface area contributed by atoms with E-state index in [-0.39, 0.29) is 5.91 Å². The molecule has 0 unspecified atom stereocenters. The van der Waals surface area contributed by atoms with Crippen molar-refractivity contribution in [3.8, 4) is 5.75 Å². The number of amides is 1. The van der Waals surface area contributed by atoms with Gasteiger partial charge < -0.3 is 18.9 Å². The molecule has 1 aromatic carbocycles. The van der Waals surface area contributed by atoms with Gasteiger partial charge in [0.1, 0.15) is 5.75 Å². The van der Waals surface area contributed by atoms with Crippen LogP contribution in [0.25, 0.3) is 0 Å². The lowest BCUT2D eigenvalue weighted by Crippen LogP contribution is -2.41. The fraction of sp³-hybridized carbons (Fsp3) is 0.611. The summed E-state index contributed by atoms with van der Waals surface area (Å²) in [4.78, 5) is 14.7. The first-order valence-electron chi connectivity index (χ1n) is 8.47. The molecule has 0 spiro atoms. The second-order valence-corrected chi connectivity index (χ2v) is 7.69. The summed E-state index contributed by atoms with van der Waals surface area (Å²) in [5, 5.41) is 0. The average Bonchev–Trinajstić information content (AvgIpc) is 3.33. The smallest absolute Gasteiger partial charge is 0.495 e. The zero-order valence-corrected chi connectivity index (χ0v) is 15.4. The molecule has 1 aliphatic heterocycles. The summed E-state index contributed by atoms with van der Waals surface area (Å²) < 4.78 is 17.6. The minimum atomic E-state index is -0.586. The van der Waals surface area contributed by atoms with E-state index in [2.05, 4.69) is 0 Å². The number of benzene rings is 1. The molecule has 5 nitrogen and oxygen atoms in total. The Morgan fingerprint density at radius 3 is 2.29 bits per heavy atom. The number of hydrogen-bond acceptors (Lipinski definition) is 4. The number of carbonyl (C=O) groups excluding carboxylic acids is 1. The van der Waals surface area contributed by atoms with Crippen molar-refractivity contribution < 1.29 is 18.8 Å². The summed E-state index contributed by atoms with van der Waals surface area (Å²) in [6.07, 6.45) is 2.15. The number of methoxy groups -OCH3 is 1. The number of rotatable bonds is 4. The SMILES string of the molecule is COc1ccc(C(=O)N(C)C2CC2)c(B2OC(C)(C)C(C)(C)O2)c1. The maximum absolute atomic E-state index is 12.9. The summed E-state index contributed by atoms with van der Waals surface area (Å²) >= 11 is 0. The second-order valence-electron chi connectivity index (χ2n) is 7.69. The van der Waals surface area contributed by atoms with Crippen molar-refractivity contribution in [1.29, 1.82) is 0 Å². The van der Waals surface area contributed by atoms with Crippen LogP contribution in [0.5, 0.6) is 5.75 Å². The molecular weight excluding hydrogens is 305 g/mol. The Balaban J connectivity index is 1.98. The van der Waals surface area contributed by atoms with E-state index < -0.39 is 18.3 Å². The summed E-state index contributed by atoms with van der Waals surface area (Å²) in [6, 6.07) is 5.81. The lowest BCUT2D eigenvalue weighted by molar-refractivity contribution is 0.00578. The number of ether oxygens (including phenoxy) is 1. The van der Waals surface area contributed by atoms with Crippen molar-refractivity contribution in [2.75, 3.05) is 14.2 Å². The molecule has 1 heterocycles. The van der Waals surface area contributed by atoms with Gasteiger partial charge in [-0.1, -0.05) is 0 Å². The Bertz CT molecular complexity index is 638. The van der Waals surface area contributed by atoms with Gasteiger partial charge in [0.05, 0.1) is 18.3 Å². The predicted molar refractivity (Wildman–Crippen MR) is 93.8 cm³/mol. The van der Waals surface area contributed by atoms with Crippen LogP contribution in [0, 0.1) is 0 Å². The Hall–Kier alpha value is -1.53. The van der Waals surface area contributed by atoms with Gasteiger partial charge in [-0.2, -0.15) is 0 Å². The van der Waals surface area contributed by atoms with Gasteiger partial charge in [0, 0.05) is 18.7 Å². The number of hydrogen-bond donors (Lipinski definition) is 0. The molecule has 0 bridgehead atoms. The molecule has 6 heteroatoms. The van der Waals surface area contributed by atoms with Crippen LogP contribution in [0.1, 0.15) is 50.9 Å². The summed E-state index contributed by atoms with van der Waals surface area (Å²) in [5.41, 5.74) is 0.432. The van der Waals surface area contributed by atoms with Gasteiger partial charge in [-0.05, 0) is 64.2 Å². The molecule has 1 saturated carbocycles. The highest BCUT2D eigenvalue weighted by Crippen LogP contribution is 2.37. The fourth-order valence-corrected chi connectivity index (χ4v) is 2.85. The van der Waals surface area contributed by atoms with E-state index in [1.807, 2.05) is 51.8 Å². The van der Waals surface area contributed by atoms with Crippen LogP contribution >= 0.6 is 0 Å². The van der Waals surface area contributed by atoms with Crippen LogP contribution in [0.15, 0.2) is 18.2 Å². The van der Waals surface area contributed by atoms with Crippen LogP contribution < -0.4 is 10.2 Å². The van der Waals surface area contributed by atoms with Crippen molar-refractivity contribution in [1.82, 2.24) is 4.90 Å². The molecule has 0 aromatic heterocycles. The Morgan fingerprint density at radius 2 is 1.79 bits per heavy atom. The van der Waals surface area contributed by atoms with Gasteiger partial charge in [-0.3, -0.25) is 4.79 Å². The van der Waals surface area contributed by atoms with Crippen LogP contribution in [0.2, 0.25) is 0 Å². The van der Waals surface area contributed by atoms with Crippen molar-refractivity contribution in [3.63, 3.8) is 0 Å². The number of carbonyl (C=O) groups is 1. The van der Waals surface area contributed by atoms with E-state index in [9.17, 15) is 4.79 Å². The third-order valence-electron chi connectivity index (χ3n) is 5.41. The molecule has 1 saturated heterocycles. The van der Waals surface area contributed by atoms with Gasteiger partial charge in [-0.25, -0.2) is 0 Å². The summed E-state index contributed by atoms with van der Waals surface area (Å²) in [5.74, 6) is 0.690. The topological polar surface area (TPSA) is 48.0 Å². The van der Waals surface area contributed by atoms with E-state index >= 15 is 0 Å². The lowest BCUT2D eigenvalue weighted by atomic mass is 9.75. The van der Waals surface area contributed by atoms with Crippen molar-refractivity contribution in [2.45, 2.75) is 57.8 Å². The molecule has 1 aromatic rings. The quantitative estimate of drug-likeness (QED) is 0.794. The molecule has 24 heavy (non-hydrogen) atoms. The van der Waals surface area contributed by atoms with E-state index in [0.29, 0.717) is 17.4 Å². The zero-order chi connectivity index (χ0) is 17.7. The largest absolute Gasteiger partial charge is 0.497 e. The van der Waals surface area contributed by atoms with E-state index in [0.717, 1.165) is 18.3 Å².